The van der Waals surface area contributed by atoms with E-state index in [-0.39, 0.29) is 17.3 Å². The number of nitrogen functional groups attached to an aromatic ring is 1. The first kappa shape index (κ1) is 18.1. The SMILES string of the molecule is CN(C)CC(C)(O)CNc1snc(N)c1S(=O)(=O)N(C)C. The van der Waals surface area contributed by atoms with Crippen molar-refractivity contribution in [3.8, 4) is 0 Å². The van der Waals surface area contributed by atoms with Crippen LogP contribution in [-0.2, 0) is 10.0 Å². The standard InChI is InChI=1S/C11H23N5O3S2/c1-11(17,7-15(2)3)6-13-10-8(9(12)14-20-10)21(18,19)16(4)5/h13,17H,6-7H2,1-5H3,(H2,12,14). The fourth-order valence-electron chi connectivity index (χ4n) is 1.85. The number of nitrogens with two attached hydrogens (primary N) is 1. The fraction of sp³-hybridized carbons (Fsp3) is 0.727. The van der Waals surface area contributed by atoms with Crippen LogP contribution in [0.2, 0.25) is 0 Å². The first-order valence-electron chi connectivity index (χ1n) is 6.26. The number of rotatable bonds is 7. The lowest BCUT2D eigenvalue weighted by molar-refractivity contribution is 0.0460. The van der Waals surface area contributed by atoms with Gasteiger partial charge >= 0.3 is 0 Å². The molecule has 1 rings (SSSR count). The predicted octanol–water partition coefficient (Wildman–Crippen LogP) is -0.300. The van der Waals surface area contributed by atoms with Crippen molar-refractivity contribution in [2.24, 2.45) is 0 Å². The van der Waals surface area contributed by atoms with Gasteiger partial charge in [-0.2, -0.15) is 4.37 Å². The molecule has 10 heteroatoms. The minimum atomic E-state index is -3.68. The maximum absolute atomic E-state index is 12.2. The lowest BCUT2D eigenvalue weighted by Crippen LogP contribution is -2.43. The Morgan fingerprint density at radius 2 is 1.95 bits per heavy atom. The molecule has 0 saturated heterocycles. The van der Waals surface area contributed by atoms with Crippen molar-refractivity contribution in [3.63, 3.8) is 0 Å². The van der Waals surface area contributed by atoms with Gasteiger partial charge in [0.2, 0.25) is 10.0 Å². The molecule has 8 nitrogen and oxygen atoms in total. The molecule has 21 heavy (non-hydrogen) atoms. The van der Waals surface area contributed by atoms with Crippen molar-refractivity contribution in [3.05, 3.63) is 0 Å². The Labute approximate surface area is 129 Å². The molecule has 0 spiro atoms. The molecule has 0 aliphatic rings. The van der Waals surface area contributed by atoms with E-state index in [0.29, 0.717) is 11.5 Å². The average Bonchev–Trinajstić information content (AvgIpc) is 2.66. The lowest BCUT2D eigenvalue weighted by Gasteiger charge is -2.27. The zero-order valence-corrected chi connectivity index (χ0v) is 14.5. The Balaban J connectivity index is 2.97. The number of hydrogen-bond acceptors (Lipinski definition) is 8. The van der Waals surface area contributed by atoms with Gasteiger partial charge in [-0.1, -0.05) is 0 Å². The summed E-state index contributed by atoms with van der Waals surface area (Å²) < 4.78 is 29.4. The molecule has 122 valence electrons. The van der Waals surface area contributed by atoms with Crippen LogP contribution in [0.4, 0.5) is 10.8 Å². The highest BCUT2D eigenvalue weighted by molar-refractivity contribution is 7.89. The molecule has 0 saturated carbocycles. The third-order valence-corrected chi connectivity index (χ3v) is 5.54. The number of nitrogens with zero attached hydrogens (tertiary/aromatic N) is 3. The molecule has 0 amide bonds. The summed E-state index contributed by atoms with van der Waals surface area (Å²) in [5.41, 5.74) is 4.66. The summed E-state index contributed by atoms with van der Waals surface area (Å²) >= 11 is 0.963. The number of aromatic nitrogens is 1. The smallest absolute Gasteiger partial charge is 0.249 e. The van der Waals surface area contributed by atoms with Gasteiger partial charge in [0.1, 0.15) is 5.00 Å². The summed E-state index contributed by atoms with van der Waals surface area (Å²) in [6.45, 7) is 2.29. The second-order valence-electron chi connectivity index (χ2n) is 5.60. The topological polar surface area (TPSA) is 112 Å². The van der Waals surface area contributed by atoms with Crippen LogP contribution >= 0.6 is 11.5 Å². The number of anilines is 2. The van der Waals surface area contributed by atoms with Crippen molar-refractivity contribution in [1.29, 1.82) is 0 Å². The summed E-state index contributed by atoms with van der Waals surface area (Å²) in [6.07, 6.45) is 0. The van der Waals surface area contributed by atoms with Gasteiger partial charge in [-0.3, -0.25) is 0 Å². The maximum atomic E-state index is 12.2. The molecular formula is C11H23N5O3S2. The summed E-state index contributed by atoms with van der Waals surface area (Å²) in [7, 11) is 2.87. The number of likely N-dealkylation sites (N-methyl/N-ethyl adjacent to an activating group) is 1. The first-order chi connectivity index (χ1) is 9.47. The molecule has 1 unspecified atom stereocenters. The summed E-state index contributed by atoms with van der Waals surface area (Å²) in [6, 6.07) is 0. The zero-order valence-electron chi connectivity index (χ0n) is 12.9. The largest absolute Gasteiger partial charge is 0.387 e. The maximum Gasteiger partial charge on any atom is 0.249 e. The van der Waals surface area contributed by atoms with Crippen molar-refractivity contribution in [2.75, 3.05) is 52.3 Å². The van der Waals surface area contributed by atoms with E-state index >= 15 is 0 Å². The van der Waals surface area contributed by atoms with E-state index in [4.69, 9.17) is 5.73 Å². The van der Waals surface area contributed by atoms with Gasteiger partial charge in [-0.15, -0.1) is 0 Å². The Hall–Kier alpha value is -0.940. The molecular weight excluding hydrogens is 314 g/mol. The van der Waals surface area contributed by atoms with Crippen LogP contribution in [0.3, 0.4) is 0 Å². The molecule has 4 N–H and O–H groups in total. The lowest BCUT2D eigenvalue weighted by atomic mass is 10.1. The molecule has 1 atom stereocenters. The normalized spacial score (nSPS) is 15.4. The quantitative estimate of drug-likeness (QED) is 0.626. The van der Waals surface area contributed by atoms with Crippen LogP contribution in [0.25, 0.3) is 0 Å². The Morgan fingerprint density at radius 3 is 2.43 bits per heavy atom. The highest BCUT2D eigenvalue weighted by atomic mass is 32.2. The van der Waals surface area contributed by atoms with Crippen molar-refractivity contribution < 1.29 is 13.5 Å². The fourth-order valence-corrected chi connectivity index (χ4v) is 3.92. The van der Waals surface area contributed by atoms with Gasteiger partial charge in [-0.25, -0.2) is 12.7 Å². The number of nitrogens with one attached hydrogen (secondary N) is 1. The summed E-state index contributed by atoms with van der Waals surface area (Å²) in [5, 5.41) is 13.5. The molecule has 0 fully saturated rings. The number of aliphatic hydroxyl groups is 1. The van der Waals surface area contributed by atoms with E-state index in [0.717, 1.165) is 15.8 Å². The summed E-state index contributed by atoms with van der Waals surface area (Å²) in [5.74, 6) is -0.0385. The Kier molecular flexibility index (Phi) is 5.56. The molecule has 1 aromatic rings. The van der Waals surface area contributed by atoms with Crippen LogP contribution in [0.1, 0.15) is 6.92 Å². The van der Waals surface area contributed by atoms with Crippen LogP contribution in [0.5, 0.6) is 0 Å². The average molecular weight is 337 g/mol. The van der Waals surface area contributed by atoms with E-state index in [1.165, 1.54) is 14.1 Å². The second-order valence-corrected chi connectivity index (χ2v) is 8.46. The molecule has 0 aliphatic carbocycles. The van der Waals surface area contributed by atoms with Crippen LogP contribution in [-0.4, -0.2) is 74.0 Å². The van der Waals surface area contributed by atoms with E-state index in [1.807, 2.05) is 19.0 Å². The van der Waals surface area contributed by atoms with Crippen LogP contribution in [0.15, 0.2) is 4.90 Å². The van der Waals surface area contributed by atoms with E-state index in [1.54, 1.807) is 6.92 Å². The molecule has 0 aromatic carbocycles. The third kappa shape index (κ3) is 4.51. The van der Waals surface area contributed by atoms with Crippen LogP contribution in [0, 0.1) is 0 Å². The highest BCUT2D eigenvalue weighted by Crippen LogP contribution is 2.33. The van der Waals surface area contributed by atoms with E-state index < -0.39 is 15.6 Å². The van der Waals surface area contributed by atoms with Gasteiger partial charge in [0.15, 0.2) is 10.7 Å². The highest BCUT2D eigenvalue weighted by Gasteiger charge is 2.29. The van der Waals surface area contributed by atoms with Gasteiger partial charge in [-0.05, 0) is 32.6 Å². The zero-order chi connectivity index (χ0) is 16.4. The predicted molar refractivity (Wildman–Crippen MR) is 85.1 cm³/mol. The minimum Gasteiger partial charge on any atom is -0.387 e. The molecule has 1 aromatic heterocycles. The van der Waals surface area contributed by atoms with Gasteiger partial charge < -0.3 is 21.1 Å². The Morgan fingerprint density at radius 1 is 1.38 bits per heavy atom. The monoisotopic (exact) mass is 337 g/mol. The van der Waals surface area contributed by atoms with Gasteiger partial charge in [0, 0.05) is 27.2 Å². The first-order valence-corrected chi connectivity index (χ1v) is 8.47. The van der Waals surface area contributed by atoms with Gasteiger partial charge in [0.25, 0.3) is 0 Å². The minimum absolute atomic E-state index is 0.0385. The van der Waals surface area contributed by atoms with Crippen molar-refractivity contribution in [1.82, 2.24) is 13.6 Å². The second kappa shape index (κ2) is 6.44. The Bertz CT molecular complexity index is 581. The van der Waals surface area contributed by atoms with Gasteiger partial charge in [0.05, 0.1) is 5.60 Å². The third-order valence-electron chi connectivity index (χ3n) is 2.70. The van der Waals surface area contributed by atoms with E-state index in [2.05, 4.69) is 9.69 Å². The van der Waals surface area contributed by atoms with Crippen molar-refractivity contribution in [2.45, 2.75) is 17.4 Å². The molecule has 0 aliphatic heterocycles. The number of hydrogen-bond donors (Lipinski definition) is 3. The number of sulfonamides is 1. The van der Waals surface area contributed by atoms with E-state index in [9.17, 15) is 13.5 Å². The molecule has 0 bridgehead atoms. The molecule has 0 radical (unpaired) electrons. The summed E-state index contributed by atoms with van der Waals surface area (Å²) in [4.78, 5) is 1.80. The van der Waals surface area contributed by atoms with Crippen LogP contribution < -0.4 is 11.1 Å². The van der Waals surface area contributed by atoms with Crippen molar-refractivity contribution >= 4 is 32.4 Å². The molecule has 1 heterocycles.